The Morgan fingerprint density at radius 2 is 1.83 bits per heavy atom. The fourth-order valence-electron chi connectivity index (χ4n) is 7.14. The Kier molecular flexibility index (Phi) is 3.50. The molecule has 132 valence electrons. The van der Waals surface area contributed by atoms with Crippen molar-refractivity contribution in [3.8, 4) is 0 Å². The molecule has 4 nitrogen and oxygen atoms in total. The van der Waals surface area contributed by atoms with Crippen molar-refractivity contribution in [2.24, 2.45) is 45.6 Å². The third kappa shape index (κ3) is 1.89. The minimum Gasteiger partial charge on any atom is -0.411 e. The second-order valence-electron chi connectivity index (χ2n) is 9.32. The number of nitrogens with zero attached hydrogens (tertiary/aromatic N) is 1. The van der Waals surface area contributed by atoms with Gasteiger partial charge in [0.1, 0.15) is 11.6 Å². The van der Waals surface area contributed by atoms with Gasteiger partial charge in [0.15, 0.2) is 0 Å². The van der Waals surface area contributed by atoms with Crippen molar-refractivity contribution in [3.63, 3.8) is 0 Å². The highest BCUT2D eigenvalue weighted by molar-refractivity contribution is 5.95. The van der Waals surface area contributed by atoms with Crippen LogP contribution in [0.3, 0.4) is 0 Å². The van der Waals surface area contributed by atoms with Gasteiger partial charge in [0.25, 0.3) is 0 Å². The highest BCUT2D eigenvalue weighted by Gasteiger charge is 2.63. The Hall–Kier alpha value is -1.19. The zero-order valence-electron chi connectivity index (χ0n) is 15.0. The highest BCUT2D eigenvalue weighted by atomic mass is 16.4. The molecule has 4 saturated carbocycles. The van der Waals surface area contributed by atoms with E-state index >= 15 is 0 Å². The number of hydrogen-bond acceptors (Lipinski definition) is 4. The van der Waals surface area contributed by atoms with Gasteiger partial charge in [-0.15, -0.1) is 0 Å². The third-order valence-corrected chi connectivity index (χ3v) is 8.58. The molecule has 0 radical (unpaired) electrons. The van der Waals surface area contributed by atoms with Crippen LogP contribution in [-0.4, -0.2) is 22.5 Å². The number of carbonyl (C=O) groups is 2. The minimum atomic E-state index is -0.177. The van der Waals surface area contributed by atoms with Crippen LogP contribution >= 0.6 is 0 Å². The van der Waals surface area contributed by atoms with Crippen LogP contribution in [0.4, 0.5) is 0 Å². The van der Waals surface area contributed by atoms with E-state index < -0.39 is 0 Å². The molecule has 0 aromatic carbocycles. The predicted octanol–water partition coefficient (Wildman–Crippen LogP) is 3.85. The molecule has 0 aliphatic heterocycles. The summed E-state index contributed by atoms with van der Waals surface area (Å²) in [5, 5.41) is 13.5. The molecule has 0 aromatic heterocycles. The van der Waals surface area contributed by atoms with Crippen molar-refractivity contribution in [3.05, 3.63) is 0 Å². The summed E-state index contributed by atoms with van der Waals surface area (Å²) in [5.41, 5.74) is 0.693. The van der Waals surface area contributed by atoms with Gasteiger partial charge in [-0.2, -0.15) is 0 Å². The van der Waals surface area contributed by atoms with Gasteiger partial charge in [-0.1, -0.05) is 25.9 Å². The van der Waals surface area contributed by atoms with Crippen molar-refractivity contribution in [1.82, 2.24) is 0 Å². The van der Waals surface area contributed by atoms with Crippen LogP contribution in [0.5, 0.6) is 0 Å². The maximum atomic E-state index is 12.5. The van der Waals surface area contributed by atoms with E-state index in [1.807, 2.05) is 0 Å². The number of carbonyl (C=O) groups excluding carboxylic acids is 2. The van der Waals surface area contributed by atoms with Crippen LogP contribution in [0.2, 0.25) is 0 Å². The lowest BCUT2D eigenvalue weighted by atomic mass is 9.42. The number of hydrogen-bond donors (Lipinski definition) is 1. The number of fused-ring (bicyclic) bond motifs is 5. The second kappa shape index (κ2) is 5.15. The summed E-state index contributed by atoms with van der Waals surface area (Å²) in [7, 11) is 0. The van der Waals surface area contributed by atoms with Crippen LogP contribution in [0.25, 0.3) is 0 Å². The van der Waals surface area contributed by atoms with Crippen LogP contribution < -0.4 is 0 Å². The summed E-state index contributed by atoms with van der Waals surface area (Å²) in [6.07, 6.45) is 5.86. The molecule has 24 heavy (non-hydrogen) atoms. The lowest BCUT2D eigenvalue weighted by molar-refractivity contribution is -0.138. The number of Topliss-reactive ketones (excluding diaryl/α,β-unsaturated/α-hetero) is 2. The van der Waals surface area contributed by atoms with Crippen LogP contribution in [0.1, 0.15) is 65.7 Å². The average Bonchev–Trinajstić information content (AvgIpc) is 2.85. The van der Waals surface area contributed by atoms with Gasteiger partial charge in [-0.25, -0.2) is 0 Å². The zero-order valence-corrected chi connectivity index (χ0v) is 15.0. The molecule has 4 fully saturated rings. The molecule has 0 saturated heterocycles. The molecule has 4 rings (SSSR count). The zero-order chi connectivity index (χ0) is 17.3. The molecule has 7 atom stereocenters. The summed E-state index contributed by atoms with van der Waals surface area (Å²) in [5.74, 6) is 2.36. The second-order valence-corrected chi connectivity index (χ2v) is 9.32. The molecule has 0 aromatic rings. The van der Waals surface area contributed by atoms with E-state index in [1.165, 1.54) is 0 Å². The molecule has 2 unspecified atom stereocenters. The summed E-state index contributed by atoms with van der Waals surface area (Å²) in [6, 6.07) is 0. The highest BCUT2D eigenvalue weighted by Crippen LogP contribution is 2.65. The maximum absolute atomic E-state index is 12.5. The largest absolute Gasteiger partial charge is 0.411 e. The summed E-state index contributed by atoms with van der Waals surface area (Å²) < 4.78 is 0. The van der Waals surface area contributed by atoms with Crippen molar-refractivity contribution < 1.29 is 14.8 Å². The average molecular weight is 331 g/mol. The summed E-state index contributed by atoms with van der Waals surface area (Å²) in [6.45, 7) is 6.66. The van der Waals surface area contributed by atoms with Crippen molar-refractivity contribution >= 4 is 17.3 Å². The van der Waals surface area contributed by atoms with Gasteiger partial charge < -0.3 is 5.21 Å². The first kappa shape index (κ1) is 16.3. The Balaban J connectivity index is 1.79. The Labute approximate surface area is 144 Å². The van der Waals surface area contributed by atoms with E-state index in [4.69, 9.17) is 0 Å². The van der Waals surface area contributed by atoms with Crippen LogP contribution in [0, 0.1) is 40.4 Å². The predicted molar refractivity (Wildman–Crippen MR) is 90.9 cm³/mol. The maximum Gasteiger partial charge on any atom is 0.139 e. The quantitative estimate of drug-likeness (QED) is 0.541. The van der Waals surface area contributed by atoms with E-state index in [2.05, 4.69) is 25.9 Å². The first-order chi connectivity index (χ1) is 11.3. The first-order valence-electron chi connectivity index (χ1n) is 9.60. The minimum absolute atomic E-state index is 0.0413. The Morgan fingerprint density at radius 1 is 1.08 bits per heavy atom. The van der Waals surface area contributed by atoms with Gasteiger partial charge in [-0.3, -0.25) is 9.59 Å². The van der Waals surface area contributed by atoms with Gasteiger partial charge >= 0.3 is 0 Å². The normalized spacial score (nSPS) is 52.8. The molecule has 4 aliphatic rings. The van der Waals surface area contributed by atoms with Crippen LogP contribution in [-0.2, 0) is 9.59 Å². The van der Waals surface area contributed by atoms with E-state index in [-0.39, 0.29) is 22.7 Å². The van der Waals surface area contributed by atoms with E-state index in [9.17, 15) is 14.8 Å². The molecule has 4 heteroatoms. The Morgan fingerprint density at radius 3 is 2.54 bits per heavy atom. The molecule has 0 heterocycles. The molecule has 1 N–H and O–H groups in total. The number of ketones is 2. The standard InChI is InChI=1S/C20H29NO3/c1-11-17-13-4-5-16(23)20(13,3)9-7-14(17)19(2)8-6-12(22)10-15(19)18(11)21-24/h11,13-15,17,24H,4-10H2,1-3H3/b21-18-/t11?,13-,14+,15?,17-,19+,20-/m0/s1. The van der Waals surface area contributed by atoms with Crippen molar-refractivity contribution in [2.75, 3.05) is 0 Å². The van der Waals surface area contributed by atoms with Crippen molar-refractivity contribution in [1.29, 1.82) is 0 Å². The molecule has 4 aliphatic carbocycles. The molecular formula is C20H29NO3. The van der Waals surface area contributed by atoms with Gasteiger partial charge in [-0.05, 0) is 48.9 Å². The molecule has 0 bridgehead atoms. The van der Waals surface area contributed by atoms with Gasteiger partial charge in [0.05, 0.1) is 5.71 Å². The smallest absolute Gasteiger partial charge is 0.139 e. The lowest BCUT2D eigenvalue weighted by Crippen LogP contribution is -2.59. The van der Waals surface area contributed by atoms with Gasteiger partial charge in [0, 0.05) is 36.5 Å². The molecule has 0 amide bonds. The van der Waals surface area contributed by atoms with Crippen molar-refractivity contribution in [2.45, 2.75) is 65.7 Å². The number of rotatable bonds is 0. The molecular weight excluding hydrogens is 302 g/mol. The topological polar surface area (TPSA) is 66.7 Å². The molecule has 0 spiro atoms. The van der Waals surface area contributed by atoms with Crippen LogP contribution in [0.15, 0.2) is 5.16 Å². The van der Waals surface area contributed by atoms with E-state index in [0.717, 1.165) is 31.4 Å². The van der Waals surface area contributed by atoms with E-state index in [0.29, 0.717) is 48.6 Å². The van der Waals surface area contributed by atoms with E-state index in [1.54, 1.807) is 0 Å². The lowest BCUT2D eigenvalue weighted by Gasteiger charge is -2.61. The number of oxime groups is 1. The fourth-order valence-corrected chi connectivity index (χ4v) is 7.14. The Bertz CT molecular complexity index is 626. The first-order valence-corrected chi connectivity index (χ1v) is 9.60. The summed E-state index contributed by atoms with van der Waals surface area (Å²) in [4.78, 5) is 24.6. The third-order valence-electron chi connectivity index (χ3n) is 8.58. The monoisotopic (exact) mass is 331 g/mol. The SMILES string of the molecule is CC1/C(=N/O)C2CC(=O)CC[C@]2(C)[C@@H]2CC[C@]3(C)C(=O)CC[C@H]3[C@H]12. The summed E-state index contributed by atoms with van der Waals surface area (Å²) >= 11 is 0. The fraction of sp³-hybridized carbons (Fsp3) is 0.850. The van der Waals surface area contributed by atoms with Gasteiger partial charge in [0.2, 0.25) is 0 Å².